The number of carbonyl (C=O) groups excluding carboxylic acids is 1. The number of hydrogen-bond acceptors (Lipinski definition) is 4. The zero-order chi connectivity index (χ0) is 17.9. The van der Waals surface area contributed by atoms with Gasteiger partial charge in [0.2, 0.25) is 11.9 Å². The van der Waals surface area contributed by atoms with Gasteiger partial charge in [0.1, 0.15) is 0 Å². The van der Waals surface area contributed by atoms with E-state index in [0.717, 1.165) is 12.1 Å². The van der Waals surface area contributed by atoms with Crippen LogP contribution < -0.4 is 10.2 Å². The van der Waals surface area contributed by atoms with Crippen molar-refractivity contribution in [2.45, 2.75) is 19.0 Å². The third-order valence-electron chi connectivity index (χ3n) is 4.16. The predicted octanol–water partition coefficient (Wildman–Crippen LogP) is 3.35. The summed E-state index contributed by atoms with van der Waals surface area (Å²) in [6.45, 7) is 1.26. The Bertz CT molecular complexity index is 728. The van der Waals surface area contributed by atoms with Crippen LogP contribution in [-0.4, -0.2) is 29.0 Å². The molecule has 0 unspecified atom stereocenters. The summed E-state index contributed by atoms with van der Waals surface area (Å²) in [6.07, 6.45) is 0.0946. The molecule has 5 nitrogen and oxygen atoms in total. The van der Waals surface area contributed by atoms with Crippen LogP contribution in [0.2, 0.25) is 0 Å². The van der Waals surface area contributed by atoms with Gasteiger partial charge in [-0.1, -0.05) is 6.07 Å². The number of alkyl halides is 3. The maximum Gasteiger partial charge on any atom is 0.416 e. The number of piperidine rings is 1. The largest absolute Gasteiger partial charge is 0.416 e. The fourth-order valence-electron chi connectivity index (χ4n) is 2.81. The fourth-order valence-corrected chi connectivity index (χ4v) is 2.81. The highest BCUT2D eigenvalue weighted by Gasteiger charge is 2.31. The quantitative estimate of drug-likeness (QED) is 0.922. The molecule has 1 aliphatic rings. The normalized spacial score (nSPS) is 15.9. The van der Waals surface area contributed by atoms with Crippen molar-refractivity contribution in [2.75, 3.05) is 23.3 Å². The van der Waals surface area contributed by atoms with Gasteiger partial charge in [0.25, 0.3) is 0 Å². The number of anilines is 2. The summed E-state index contributed by atoms with van der Waals surface area (Å²) in [5, 5.41) is 2.59. The maximum atomic E-state index is 12.7. The van der Waals surface area contributed by atoms with Crippen molar-refractivity contribution in [3.05, 3.63) is 48.3 Å². The smallest absolute Gasteiger partial charge is 0.341 e. The highest BCUT2D eigenvalue weighted by Crippen LogP contribution is 2.31. The standard InChI is InChI=1S/C17H17F3N4O/c18-17(19,20)13-3-1-4-14(11-13)23-15(25)12-5-9-24(10-6-12)16-21-7-2-8-22-16/h1-4,7-8,11-12H,5-6,9-10H2,(H,23,25). The van der Waals surface area contributed by atoms with Gasteiger partial charge in [0, 0.05) is 37.1 Å². The van der Waals surface area contributed by atoms with Crippen LogP contribution in [0.25, 0.3) is 0 Å². The van der Waals surface area contributed by atoms with Crippen LogP contribution in [0.15, 0.2) is 42.7 Å². The molecule has 2 aromatic rings. The third kappa shape index (κ3) is 4.26. The Balaban J connectivity index is 1.58. The number of rotatable bonds is 3. The number of nitrogens with zero attached hydrogens (tertiary/aromatic N) is 3. The van der Waals surface area contributed by atoms with E-state index in [1.807, 2.05) is 4.90 Å². The second kappa shape index (κ2) is 7.08. The first-order valence-corrected chi connectivity index (χ1v) is 7.93. The van der Waals surface area contributed by atoms with E-state index in [0.29, 0.717) is 31.9 Å². The van der Waals surface area contributed by atoms with Crippen molar-refractivity contribution < 1.29 is 18.0 Å². The summed E-state index contributed by atoms with van der Waals surface area (Å²) in [5.74, 6) is 0.127. The molecule has 0 aliphatic carbocycles. The number of amides is 1. The van der Waals surface area contributed by atoms with E-state index in [-0.39, 0.29) is 17.5 Å². The molecule has 3 rings (SSSR count). The summed E-state index contributed by atoms with van der Waals surface area (Å²) in [7, 11) is 0. The van der Waals surface area contributed by atoms with Crippen molar-refractivity contribution >= 4 is 17.5 Å². The minimum atomic E-state index is -4.43. The topological polar surface area (TPSA) is 58.1 Å². The molecule has 1 aliphatic heterocycles. The van der Waals surface area contributed by atoms with Crippen LogP contribution >= 0.6 is 0 Å². The Morgan fingerprint density at radius 1 is 1.12 bits per heavy atom. The van der Waals surface area contributed by atoms with Crippen molar-refractivity contribution in [1.82, 2.24) is 9.97 Å². The van der Waals surface area contributed by atoms with Gasteiger partial charge in [0.05, 0.1) is 5.56 Å². The van der Waals surface area contributed by atoms with Gasteiger partial charge in [0.15, 0.2) is 0 Å². The van der Waals surface area contributed by atoms with E-state index in [2.05, 4.69) is 15.3 Å². The minimum absolute atomic E-state index is 0.161. The number of nitrogens with one attached hydrogen (secondary N) is 1. The number of benzene rings is 1. The van der Waals surface area contributed by atoms with Crippen LogP contribution in [0.3, 0.4) is 0 Å². The van der Waals surface area contributed by atoms with Crippen molar-refractivity contribution in [3.63, 3.8) is 0 Å². The van der Waals surface area contributed by atoms with Crippen molar-refractivity contribution in [3.8, 4) is 0 Å². The van der Waals surface area contributed by atoms with Crippen LogP contribution in [0.5, 0.6) is 0 Å². The molecule has 1 N–H and O–H groups in total. The molecule has 2 heterocycles. The predicted molar refractivity (Wildman–Crippen MR) is 87.0 cm³/mol. The Morgan fingerprint density at radius 3 is 2.44 bits per heavy atom. The molecule has 1 aromatic carbocycles. The van der Waals surface area contributed by atoms with Gasteiger partial charge in [-0.15, -0.1) is 0 Å². The summed E-state index contributed by atoms with van der Waals surface area (Å²) in [6, 6.07) is 6.41. The lowest BCUT2D eigenvalue weighted by atomic mass is 9.96. The van der Waals surface area contributed by atoms with Crippen LogP contribution in [0, 0.1) is 5.92 Å². The first kappa shape index (κ1) is 17.2. The summed E-state index contributed by atoms with van der Waals surface area (Å²) in [4.78, 5) is 22.7. The average Bonchev–Trinajstić information content (AvgIpc) is 2.62. The van der Waals surface area contributed by atoms with Crippen molar-refractivity contribution in [1.29, 1.82) is 0 Å². The molecule has 0 atom stereocenters. The molecule has 25 heavy (non-hydrogen) atoms. The van der Waals surface area contributed by atoms with Gasteiger partial charge in [-0.3, -0.25) is 4.79 Å². The maximum absolute atomic E-state index is 12.7. The molecule has 1 fully saturated rings. The van der Waals surface area contributed by atoms with Crippen LogP contribution in [0.1, 0.15) is 18.4 Å². The molecule has 1 aromatic heterocycles. The second-order valence-electron chi connectivity index (χ2n) is 5.88. The number of aromatic nitrogens is 2. The lowest BCUT2D eigenvalue weighted by Crippen LogP contribution is -2.39. The molecule has 8 heteroatoms. The first-order valence-electron chi connectivity index (χ1n) is 7.93. The summed E-state index contributed by atoms with van der Waals surface area (Å²) >= 11 is 0. The summed E-state index contributed by atoms with van der Waals surface area (Å²) < 4.78 is 38.2. The second-order valence-corrected chi connectivity index (χ2v) is 5.88. The van der Waals surface area contributed by atoms with E-state index in [4.69, 9.17) is 0 Å². The Labute approximate surface area is 142 Å². The van der Waals surface area contributed by atoms with Gasteiger partial charge in [-0.05, 0) is 37.1 Å². The molecule has 1 amide bonds. The molecule has 132 valence electrons. The van der Waals surface area contributed by atoms with E-state index < -0.39 is 11.7 Å². The Hall–Kier alpha value is -2.64. The number of halogens is 3. The zero-order valence-corrected chi connectivity index (χ0v) is 13.3. The first-order chi connectivity index (χ1) is 11.9. The van der Waals surface area contributed by atoms with Gasteiger partial charge >= 0.3 is 6.18 Å². The molecule has 0 saturated carbocycles. The van der Waals surface area contributed by atoms with Crippen LogP contribution in [0.4, 0.5) is 24.8 Å². The molecule has 0 bridgehead atoms. The zero-order valence-electron chi connectivity index (χ0n) is 13.3. The number of carbonyl (C=O) groups is 1. The molecular formula is C17H17F3N4O. The average molecular weight is 350 g/mol. The highest BCUT2D eigenvalue weighted by atomic mass is 19.4. The lowest BCUT2D eigenvalue weighted by Gasteiger charge is -2.31. The van der Waals surface area contributed by atoms with E-state index >= 15 is 0 Å². The monoisotopic (exact) mass is 350 g/mol. The van der Waals surface area contributed by atoms with Gasteiger partial charge < -0.3 is 10.2 Å². The molecule has 0 radical (unpaired) electrons. The lowest BCUT2D eigenvalue weighted by molar-refractivity contribution is -0.137. The highest BCUT2D eigenvalue weighted by molar-refractivity contribution is 5.92. The SMILES string of the molecule is O=C(Nc1cccc(C(F)(F)F)c1)C1CCN(c2ncccn2)CC1. The van der Waals surface area contributed by atoms with Gasteiger partial charge in [-0.25, -0.2) is 9.97 Å². The van der Waals surface area contributed by atoms with E-state index in [1.165, 1.54) is 12.1 Å². The Morgan fingerprint density at radius 2 is 1.80 bits per heavy atom. The third-order valence-corrected chi connectivity index (χ3v) is 4.16. The Kier molecular flexibility index (Phi) is 4.87. The molecule has 0 spiro atoms. The van der Waals surface area contributed by atoms with Crippen LogP contribution in [-0.2, 0) is 11.0 Å². The van der Waals surface area contributed by atoms with Gasteiger partial charge in [-0.2, -0.15) is 13.2 Å². The fraction of sp³-hybridized carbons (Fsp3) is 0.353. The van der Waals surface area contributed by atoms with Crippen molar-refractivity contribution in [2.24, 2.45) is 5.92 Å². The number of hydrogen-bond donors (Lipinski definition) is 1. The van der Waals surface area contributed by atoms with E-state index in [9.17, 15) is 18.0 Å². The molecule has 1 saturated heterocycles. The minimum Gasteiger partial charge on any atom is -0.341 e. The van der Waals surface area contributed by atoms with E-state index in [1.54, 1.807) is 18.5 Å². The summed E-state index contributed by atoms with van der Waals surface area (Å²) in [5.41, 5.74) is -0.616. The molecular weight excluding hydrogens is 333 g/mol.